The quantitative estimate of drug-likeness (QED) is 0.867. The molecule has 0 bridgehead atoms. The second kappa shape index (κ2) is 7.36. The average Bonchev–Trinajstić information content (AvgIpc) is 2.63. The van der Waals surface area contributed by atoms with Crippen molar-refractivity contribution in [2.24, 2.45) is 0 Å². The Morgan fingerprint density at radius 2 is 1.73 bits per heavy atom. The van der Waals surface area contributed by atoms with Gasteiger partial charge in [-0.2, -0.15) is 13.2 Å². The van der Waals surface area contributed by atoms with E-state index in [1.807, 2.05) is 0 Å². The van der Waals surface area contributed by atoms with E-state index in [4.69, 9.17) is 5.73 Å². The first-order chi connectivity index (χ1) is 12.4. The van der Waals surface area contributed by atoms with E-state index in [2.05, 4.69) is 32.0 Å². The number of rotatable bonds is 4. The molecule has 9 heteroatoms. The summed E-state index contributed by atoms with van der Waals surface area (Å²) >= 11 is 0. The lowest BCUT2D eigenvalue weighted by Gasteiger charge is -2.35. The Bertz CT molecular complexity index is 739. The molecule has 3 N–H and O–H groups in total. The Morgan fingerprint density at radius 3 is 2.31 bits per heavy atom. The molecule has 0 aliphatic carbocycles. The van der Waals surface area contributed by atoms with Gasteiger partial charge >= 0.3 is 6.18 Å². The lowest BCUT2D eigenvalue weighted by Crippen LogP contribution is -2.46. The molecule has 3 rings (SSSR count). The van der Waals surface area contributed by atoms with Gasteiger partial charge in [0.2, 0.25) is 0 Å². The first kappa shape index (κ1) is 18.2. The van der Waals surface area contributed by atoms with Crippen LogP contribution in [0.15, 0.2) is 30.6 Å². The van der Waals surface area contributed by atoms with Gasteiger partial charge < -0.3 is 20.9 Å². The average molecular weight is 366 g/mol. The summed E-state index contributed by atoms with van der Waals surface area (Å²) in [6.07, 6.45) is -2.95. The van der Waals surface area contributed by atoms with Crippen LogP contribution >= 0.6 is 0 Å². The molecule has 1 aliphatic heterocycles. The van der Waals surface area contributed by atoms with Gasteiger partial charge in [0.15, 0.2) is 11.6 Å². The van der Waals surface area contributed by atoms with Crippen LogP contribution in [-0.4, -0.2) is 47.6 Å². The van der Waals surface area contributed by atoms with Crippen molar-refractivity contribution < 1.29 is 13.2 Å². The largest absolute Gasteiger partial charge is 0.416 e. The van der Waals surface area contributed by atoms with Gasteiger partial charge in [-0.15, -0.1) is 0 Å². The topological polar surface area (TPSA) is 70.3 Å². The van der Waals surface area contributed by atoms with Crippen LogP contribution in [0, 0.1) is 0 Å². The van der Waals surface area contributed by atoms with Gasteiger partial charge in [0, 0.05) is 31.9 Å². The number of anilines is 4. The highest BCUT2D eigenvalue weighted by Gasteiger charge is 2.30. The Balaban J connectivity index is 1.75. The predicted molar refractivity (Wildman–Crippen MR) is 95.5 cm³/mol. The second-order valence-electron chi connectivity index (χ2n) is 6.08. The molecular formula is C17H21F3N6. The van der Waals surface area contributed by atoms with Gasteiger partial charge in [0.05, 0.1) is 5.56 Å². The van der Waals surface area contributed by atoms with E-state index < -0.39 is 11.7 Å². The Hall–Kier alpha value is -2.55. The fourth-order valence-corrected chi connectivity index (χ4v) is 2.89. The molecule has 2 aromatic rings. The maximum absolute atomic E-state index is 12.7. The molecule has 0 saturated carbocycles. The standard InChI is InChI=1S/C17H21F3N6/c1-2-25-7-9-26(10-8-25)16-14(21)15(22-11-23-16)24-13-5-3-12(4-6-13)17(18,19)20/h3-6,11H,2,7-10,21H2,1H3,(H,22,23,24). The molecule has 0 atom stereocenters. The molecule has 0 unspecified atom stereocenters. The molecule has 6 nitrogen and oxygen atoms in total. The van der Waals surface area contributed by atoms with Crippen LogP contribution in [-0.2, 0) is 6.18 Å². The predicted octanol–water partition coefficient (Wildman–Crippen LogP) is 2.96. The van der Waals surface area contributed by atoms with Crippen LogP contribution < -0.4 is 16.0 Å². The maximum Gasteiger partial charge on any atom is 0.416 e. The normalized spacial score (nSPS) is 15.9. The van der Waals surface area contributed by atoms with E-state index in [1.54, 1.807) is 0 Å². The molecule has 1 fully saturated rings. The maximum atomic E-state index is 12.7. The van der Waals surface area contributed by atoms with Crippen LogP contribution in [0.3, 0.4) is 0 Å². The number of piperazine rings is 1. The first-order valence-electron chi connectivity index (χ1n) is 8.40. The zero-order valence-electron chi connectivity index (χ0n) is 14.4. The summed E-state index contributed by atoms with van der Waals surface area (Å²) in [5, 5.41) is 2.97. The number of nitrogen functional groups attached to an aromatic ring is 1. The molecule has 1 saturated heterocycles. The second-order valence-corrected chi connectivity index (χ2v) is 6.08. The van der Waals surface area contributed by atoms with Crippen LogP contribution in [0.2, 0.25) is 0 Å². The summed E-state index contributed by atoms with van der Waals surface area (Å²) in [6, 6.07) is 4.74. The minimum absolute atomic E-state index is 0.382. The third-order valence-corrected chi connectivity index (χ3v) is 4.46. The van der Waals surface area contributed by atoms with Crippen molar-refractivity contribution in [3.8, 4) is 0 Å². The molecule has 26 heavy (non-hydrogen) atoms. The zero-order valence-corrected chi connectivity index (χ0v) is 14.4. The van der Waals surface area contributed by atoms with Crippen LogP contribution in [0.4, 0.5) is 36.2 Å². The van der Waals surface area contributed by atoms with Crippen molar-refractivity contribution in [1.29, 1.82) is 0 Å². The summed E-state index contributed by atoms with van der Waals surface area (Å²) < 4.78 is 38.0. The number of hydrogen-bond acceptors (Lipinski definition) is 6. The third kappa shape index (κ3) is 3.98. The molecule has 1 aromatic heterocycles. The van der Waals surface area contributed by atoms with Crippen molar-refractivity contribution in [2.45, 2.75) is 13.1 Å². The van der Waals surface area contributed by atoms with E-state index in [0.29, 0.717) is 23.0 Å². The van der Waals surface area contributed by atoms with E-state index >= 15 is 0 Å². The van der Waals surface area contributed by atoms with Gasteiger partial charge in [-0.3, -0.25) is 0 Å². The zero-order chi connectivity index (χ0) is 18.7. The Labute approximate surface area is 149 Å². The highest BCUT2D eigenvalue weighted by molar-refractivity contribution is 5.78. The number of likely N-dealkylation sites (N-methyl/N-ethyl adjacent to an activating group) is 1. The molecule has 1 aliphatic rings. The fraction of sp³-hybridized carbons (Fsp3) is 0.412. The number of aromatic nitrogens is 2. The Morgan fingerprint density at radius 1 is 1.08 bits per heavy atom. The molecule has 0 spiro atoms. The molecule has 1 aromatic carbocycles. The number of nitrogens with zero attached hydrogens (tertiary/aromatic N) is 4. The minimum Gasteiger partial charge on any atom is -0.393 e. The summed E-state index contributed by atoms with van der Waals surface area (Å²) in [5.41, 5.74) is 6.37. The number of nitrogens with one attached hydrogen (secondary N) is 1. The van der Waals surface area contributed by atoms with E-state index in [-0.39, 0.29) is 0 Å². The van der Waals surface area contributed by atoms with Gasteiger partial charge in [-0.1, -0.05) is 6.92 Å². The number of alkyl halides is 3. The van der Waals surface area contributed by atoms with Gasteiger partial charge in [-0.25, -0.2) is 9.97 Å². The lowest BCUT2D eigenvalue weighted by molar-refractivity contribution is -0.137. The third-order valence-electron chi connectivity index (χ3n) is 4.46. The first-order valence-corrected chi connectivity index (χ1v) is 8.40. The SMILES string of the molecule is CCN1CCN(c2ncnc(Nc3ccc(C(F)(F)F)cc3)c2N)CC1. The van der Waals surface area contributed by atoms with Crippen LogP contribution in [0.25, 0.3) is 0 Å². The highest BCUT2D eigenvalue weighted by atomic mass is 19.4. The summed E-state index contributed by atoms with van der Waals surface area (Å²) in [4.78, 5) is 12.8. The van der Waals surface area contributed by atoms with Crippen LogP contribution in [0.5, 0.6) is 0 Å². The number of halogens is 3. The van der Waals surface area contributed by atoms with Crippen molar-refractivity contribution in [1.82, 2.24) is 14.9 Å². The Kier molecular flexibility index (Phi) is 5.17. The molecule has 0 amide bonds. The molecular weight excluding hydrogens is 345 g/mol. The summed E-state index contributed by atoms with van der Waals surface area (Å²) in [6.45, 7) is 6.63. The van der Waals surface area contributed by atoms with E-state index in [1.165, 1.54) is 18.5 Å². The molecule has 0 radical (unpaired) electrons. The summed E-state index contributed by atoms with van der Waals surface area (Å²) in [5.74, 6) is 1.03. The minimum atomic E-state index is -4.36. The van der Waals surface area contributed by atoms with Gasteiger partial charge in [0.1, 0.15) is 12.0 Å². The monoisotopic (exact) mass is 366 g/mol. The van der Waals surface area contributed by atoms with Crippen LogP contribution in [0.1, 0.15) is 12.5 Å². The molecule has 2 heterocycles. The van der Waals surface area contributed by atoms with Crippen molar-refractivity contribution >= 4 is 23.0 Å². The van der Waals surface area contributed by atoms with E-state index in [0.717, 1.165) is 44.9 Å². The highest BCUT2D eigenvalue weighted by Crippen LogP contribution is 2.32. The van der Waals surface area contributed by atoms with Gasteiger partial charge in [-0.05, 0) is 30.8 Å². The van der Waals surface area contributed by atoms with Crippen molar-refractivity contribution in [2.75, 3.05) is 48.7 Å². The fourth-order valence-electron chi connectivity index (χ4n) is 2.89. The van der Waals surface area contributed by atoms with Crippen molar-refractivity contribution in [3.05, 3.63) is 36.2 Å². The van der Waals surface area contributed by atoms with E-state index in [9.17, 15) is 13.2 Å². The summed E-state index contributed by atoms with van der Waals surface area (Å²) in [7, 11) is 0. The molecule has 140 valence electrons. The lowest BCUT2D eigenvalue weighted by atomic mass is 10.2. The number of nitrogens with two attached hydrogens (primary N) is 1. The van der Waals surface area contributed by atoms with Gasteiger partial charge in [0.25, 0.3) is 0 Å². The smallest absolute Gasteiger partial charge is 0.393 e. The number of benzene rings is 1. The van der Waals surface area contributed by atoms with Crippen molar-refractivity contribution in [3.63, 3.8) is 0 Å². The number of hydrogen-bond donors (Lipinski definition) is 2.